The number of hydrogen-bond acceptors (Lipinski definition) is 1. The first-order valence-corrected chi connectivity index (χ1v) is 5.65. The van der Waals surface area contributed by atoms with E-state index in [0.29, 0.717) is 20.6 Å². The van der Waals surface area contributed by atoms with Crippen LogP contribution in [0.1, 0.15) is 0 Å². The third kappa shape index (κ3) is 2.27. The average molecular weight is 274 g/mol. The number of rotatable bonds is 1. The molecular formula is C12H7Cl3O. The Morgan fingerprint density at radius 3 is 2.25 bits per heavy atom. The third-order valence-electron chi connectivity index (χ3n) is 2.19. The van der Waals surface area contributed by atoms with Crippen LogP contribution in [0, 0.1) is 0 Å². The molecular weight excluding hydrogens is 266 g/mol. The van der Waals surface area contributed by atoms with Crippen molar-refractivity contribution in [2.75, 3.05) is 0 Å². The lowest BCUT2D eigenvalue weighted by Gasteiger charge is -2.06. The van der Waals surface area contributed by atoms with Crippen molar-refractivity contribution >= 4 is 34.8 Å². The Kier molecular flexibility index (Phi) is 3.29. The first-order chi connectivity index (χ1) is 7.58. The fourth-order valence-electron chi connectivity index (χ4n) is 1.40. The lowest BCUT2D eigenvalue weighted by atomic mass is 10.1. The molecule has 0 aliphatic heterocycles. The Balaban J connectivity index is 2.58. The van der Waals surface area contributed by atoms with E-state index in [1.165, 1.54) is 0 Å². The molecule has 0 aromatic heterocycles. The first kappa shape index (κ1) is 11.6. The minimum absolute atomic E-state index is 0.155. The van der Waals surface area contributed by atoms with Crippen LogP contribution in [-0.2, 0) is 0 Å². The zero-order chi connectivity index (χ0) is 11.7. The van der Waals surface area contributed by atoms with E-state index in [2.05, 4.69) is 0 Å². The molecule has 0 fully saturated rings. The quantitative estimate of drug-likeness (QED) is 0.773. The molecule has 0 unspecified atom stereocenters. The van der Waals surface area contributed by atoms with Crippen LogP contribution in [0.5, 0.6) is 5.75 Å². The molecule has 0 radical (unpaired) electrons. The van der Waals surface area contributed by atoms with Gasteiger partial charge < -0.3 is 5.11 Å². The van der Waals surface area contributed by atoms with Crippen molar-refractivity contribution in [3.63, 3.8) is 0 Å². The largest absolute Gasteiger partial charge is 0.507 e. The fourth-order valence-corrected chi connectivity index (χ4v) is 1.87. The topological polar surface area (TPSA) is 20.2 Å². The molecule has 1 nitrogen and oxygen atoms in total. The predicted molar refractivity (Wildman–Crippen MR) is 68.6 cm³/mol. The van der Waals surface area contributed by atoms with Crippen molar-refractivity contribution in [3.8, 4) is 16.9 Å². The van der Waals surface area contributed by atoms with Gasteiger partial charge >= 0.3 is 0 Å². The van der Waals surface area contributed by atoms with E-state index in [9.17, 15) is 5.11 Å². The number of benzene rings is 2. The summed E-state index contributed by atoms with van der Waals surface area (Å²) in [5.41, 5.74) is 1.40. The van der Waals surface area contributed by atoms with Crippen LogP contribution >= 0.6 is 34.8 Å². The molecule has 0 saturated heterocycles. The van der Waals surface area contributed by atoms with E-state index < -0.39 is 0 Å². The SMILES string of the molecule is Oc1ccc(Cl)cc1-c1ccc(Cl)c(Cl)c1. The molecule has 2 aromatic rings. The fraction of sp³-hybridized carbons (Fsp3) is 0. The molecule has 0 amide bonds. The van der Waals surface area contributed by atoms with E-state index in [1.54, 1.807) is 36.4 Å². The van der Waals surface area contributed by atoms with E-state index in [0.717, 1.165) is 5.56 Å². The Morgan fingerprint density at radius 2 is 1.56 bits per heavy atom. The Morgan fingerprint density at radius 1 is 0.812 bits per heavy atom. The van der Waals surface area contributed by atoms with Gasteiger partial charge in [-0.25, -0.2) is 0 Å². The van der Waals surface area contributed by atoms with Crippen LogP contribution < -0.4 is 0 Å². The lowest BCUT2D eigenvalue weighted by Crippen LogP contribution is -1.80. The molecule has 4 heteroatoms. The van der Waals surface area contributed by atoms with Crippen LogP contribution in [-0.4, -0.2) is 5.11 Å². The Bertz CT molecular complexity index is 538. The van der Waals surface area contributed by atoms with Gasteiger partial charge in [-0.05, 0) is 35.9 Å². The summed E-state index contributed by atoms with van der Waals surface area (Å²) in [6, 6.07) is 9.99. The summed E-state index contributed by atoms with van der Waals surface area (Å²) in [5.74, 6) is 0.155. The van der Waals surface area contributed by atoms with Crippen LogP contribution in [0.4, 0.5) is 0 Å². The van der Waals surface area contributed by atoms with Crippen LogP contribution in [0.25, 0.3) is 11.1 Å². The Hall–Kier alpha value is -0.890. The average Bonchev–Trinajstić information content (AvgIpc) is 2.26. The summed E-state index contributed by atoms with van der Waals surface area (Å²) in [7, 11) is 0. The van der Waals surface area contributed by atoms with Crippen molar-refractivity contribution < 1.29 is 5.11 Å². The van der Waals surface area contributed by atoms with Gasteiger partial charge in [0.15, 0.2) is 0 Å². The number of phenolic OH excluding ortho intramolecular Hbond substituents is 1. The predicted octanol–water partition coefficient (Wildman–Crippen LogP) is 5.02. The maximum absolute atomic E-state index is 9.71. The van der Waals surface area contributed by atoms with Gasteiger partial charge in [0.1, 0.15) is 5.75 Å². The summed E-state index contributed by atoms with van der Waals surface area (Å²) in [6.45, 7) is 0. The molecule has 0 aliphatic carbocycles. The second-order valence-corrected chi connectivity index (χ2v) is 4.54. The standard InChI is InChI=1S/C12H7Cl3O/c13-8-2-4-12(16)9(6-8)7-1-3-10(14)11(15)5-7/h1-6,16H. The minimum Gasteiger partial charge on any atom is -0.507 e. The van der Waals surface area contributed by atoms with Gasteiger partial charge in [-0.2, -0.15) is 0 Å². The van der Waals surface area contributed by atoms with Crippen LogP contribution in [0.3, 0.4) is 0 Å². The minimum atomic E-state index is 0.155. The van der Waals surface area contributed by atoms with E-state index >= 15 is 0 Å². The monoisotopic (exact) mass is 272 g/mol. The highest BCUT2D eigenvalue weighted by atomic mass is 35.5. The summed E-state index contributed by atoms with van der Waals surface area (Å²) in [4.78, 5) is 0. The van der Waals surface area contributed by atoms with Crippen LogP contribution in [0.15, 0.2) is 36.4 Å². The second kappa shape index (κ2) is 4.54. The van der Waals surface area contributed by atoms with E-state index in [1.807, 2.05) is 0 Å². The molecule has 2 rings (SSSR count). The molecule has 1 N–H and O–H groups in total. The van der Waals surface area contributed by atoms with Gasteiger partial charge in [0.2, 0.25) is 0 Å². The molecule has 0 saturated carbocycles. The number of halogens is 3. The summed E-state index contributed by atoms with van der Waals surface area (Å²) >= 11 is 17.6. The van der Waals surface area contributed by atoms with E-state index in [-0.39, 0.29) is 5.75 Å². The summed E-state index contributed by atoms with van der Waals surface area (Å²) in [6.07, 6.45) is 0. The molecule has 0 spiro atoms. The van der Waals surface area contributed by atoms with Gasteiger partial charge in [-0.1, -0.05) is 40.9 Å². The van der Waals surface area contributed by atoms with Gasteiger partial charge in [0.25, 0.3) is 0 Å². The molecule has 0 atom stereocenters. The molecule has 0 bridgehead atoms. The maximum atomic E-state index is 9.71. The van der Waals surface area contributed by atoms with Gasteiger partial charge in [0.05, 0.1) is 10.0 Å². The Labute approximate surface area is 108 Å². The molecule has 16 heavy (non-hydrogen) atoms. The maximum Gasteiger partial charge on any atom is 0.123 e. The highest BCUT2D eigenvalue weighted by Crippen LogP contribution is 2.34. The lowest BCUT2D eigenvalue weighted by molar-refractivity contribution is 0.477. The highest BCUT2D eigenvalue weighted by molar-refractivity contribution is 6.42. The van der Waals surface area contributed by atoms with Gasteiger partial charge in [0, 0.05) is 10.6 Å². The van der Waals surface area contributed by atoms with Crippen molar-refractivity contribution in [1.82, 2.24) is 0 Å². The van der Waals surface area contributed by atoms with Crippen molar-refractivity contribution in [1.29, 1.82) is 0 Å². The van der Waals surface area contributed by atoms with Crippen molar-refractivity contribution in [2.45, 2.75) is 0 Å². The van der Waals surface area contributed by atoms with Crippen molar-refractivity contribution in [3.05, 3.63) is 51.5 Å². The summed E-state index contributed by atoms with van der Waals surface area (Å²) < 4.78 is 0. The van der Waals surface area contributed by atoms with Gasteiger partial charge in [-0.3, -0.25) is 0 Å². The zero-order valence-corrected chi connectivity index (χ0v) is 10.3. The number of hydrogen-bond donors (Lipinski definition) is 1. The number of phenols is 1. The molecule has 0 heterocycles. The zero-order valence-electron chi connectivity index (χ0n) is 8.05. The summed E-state index contributed by atoms with van der Waals surface area (Å²) in [5, 5.41) is 11.2. The first-order valence-electron chi connectivity index (χ1n) is 4.52. The molecule has 2 aromatic carbocycles. The normalized spacial score (nSPS) is 10.4. The van der Waals surface area contributed by atoms with Gasteiger partial charge in [-0.15, -0.1) is 0 Å². The van der Waals surface area contributed by atoms with Crippen molar-refractivity contribution in [2.24, 2.45) is 0 Å². The molecule has 82 valence electrons. The van der Waals surface area contributed by atoms with Crippen LogP contribution in [0.2, 0.25) is 15.1 Å². The number of aromatic hydroxyl groups is 1. The highest BCUT2D eigenvalue weighted by Gasteiger charge is 2.07. The third-order valence-corrected chi connectivity index (χ3v) is 3.16. The smallest absolute Gasteiger partial charge is 0.123 e. The second-order valence-electron chi connectivity index (χ2n) is 3.29. The molecule has 0 aliphatic rings. The van der Waals surface area contributed by atoms with E-state index in [4.69, 9.17) is 34.8 Å².